The van der Waals surface area contributed by atoms with E-state index in [-0.39, 0.29) is 10.8 Å². The first-order valence-electron chi connectivity index (χ1n) is 5.38. The van der Waals surface area contributed by atoms with E-state index in [9.17, 15) is 21.9 Å². The number of nitrogen functional groups attached to an aromatic ring is 1. The Morgan fingerprint density at radius 1 is 1.05 bits per heavy atom. The van der Waals surface area contributed by atoms with Gasteiger partial charge in [-0.25, -0.2) is 5.53 Å². The highest BCUT2D eigenvalue weighted by atomic mass is 32.2. The average molecular weight is 347 g/mol. The van der Waals surface area contributed by atoms with Crippen LogP contribution in [0.15, 0.2) is 33.1 Å². The summed E-state index contributed by atoms with van der Waals surface area (Å²) in [5.74, 6) is -0.672. The zero-order valence-electron chi connectivity index (χ0n) is 10.5. The second-order valence-corrected chi connectivity index (χ2v) is 7.05. The van der Waals surface area contributed by atoms with Crippen LogP contribution in [0.4, 0.5) is 11.4 Å². The van der Waals surface area contributed by atoms with Crippen LogP contribution in [0, 0.1) is 5.53 Å². The Labute approximate surface area is 124 Å². The summed E-state index contributed by atoms with van der Waals surface area (Å²) in [6.45, 7) is 0. The van der Waals surface area contributed by atoms with Crippen LogP contribution in [0.1, 0.15) is 0 Å². The summed E-state index contributed by atoms with van der Waals surface area (Å²) < 4.78 is 62.9. The number of fused-ring (bicyclic) bond motifs is 1. The first-order chi connectivity index (χ1) is 9.96. The lowest BCUT2D eigenvalue weighted by molar-refractivity contribution is 0.471. The third-order valence-corrected chi connectivity index (χ3v) is 4.55. The molecular formula is C10H9N3O7S2. The van der Waals surface area contributed by atoms with Gasteiger partial charge in [0.25, 0.3) is 20.2 Å². The highest BCUT2D eigenvalue weighted by molar-refractivity contribution is 7.86. The fourth-order valence-corrected chi connectivity index (χ4v) is 3.16. The number of hydrogen-bond acceptors (Lipinski definition) is 8. The smallest absolute Gasteiger partial charge is 0.296 e. The predicted octanol–water partition coefficient (Wildman–Crippen LogP) is 1.28. The zero-order valence-corrected chi connectivity index (χ0v) is 12.2. The monoisotopic (exact) mass is 347 g/mol. The van der Waals surface area contributed by atoms with Gasteiger partial charge in [0, 0.05) is 11.5 Å². The van der Waals surface area contributed by atoms with Crippen molar-refractivity contribution in [3.05, 3.63) is 18.2 Å². The van der Waals surface area contributed by atoms with E-state index >= 15 is 0 Å². The lowest BCUT2D eigenvalue weighted by atomic mass is 10.1. The molecule has 118 valence electrons. The number of phenolic OH excluding ortho intramolecular Hbond substituents is 1. The Hall–Kier alpha value is -2.28. The Kier molecular flexibility index (Phi) is 3.57. The maximum absolute atomic E-state index is 11.3. The van der Waals surface area contributed by atoms with Crippen LogP contribution >= 0.6 is 0 Å². The topological polar surface area (TPSA) is 191 Å². The van der Waals surface area contributed by atoms with E-state index in [4.69, 9.17) is 20.4 Å². The van der Waals surface area contributed by atoms with Gasteiger partial charge in [-0.2, -0.15) is 21.9 Å². The summed E-state index contributed by atoms with van der Waals surface area (Å²) in [4.78, 5) is -1.53. The summed E-state index contributed by atoms with van der Waals surface area (Å²) in [5.41, 5.74) is 11.5. The number of phenols is 1. The van der Waals surface area contributed by atoms with Crippen molar-refractivity contribution >= 4 is 42.4 Å². The molecule has 0 aliphatic carbocycles. The molecule has 0 aromatic heterocycles. The van der Waals surface area contributed by atoms with Crippen LogP contribution in [0.25, 0.3) is 10.8 Å². The van der Waals surface area contributed by atoms with Crippen molar-refractivity contribution < 1.29 is 31.0 Å². The fraction of sp³-hybridized carbons (Fsp3) is 0. The van der Waals surface area contributed by atoms with E-state index in [2.05, 4.69) is 5.11 Å². The minimum Gasteiger partial charge on any atom is -0.507 e. The summed E-state index contributed by atoms with van der Waals surface area (Å²) in [6, 6.07) is 2.33. The molecule has 0 saturated heterocycles. The first-order valence-corrected chi connectivity index (χ1v) is 8.26. The van der Waals surface area contributed by atoms with Gasteiger partial charge in [-0.05, 0) is 17.5 Å². The SMILES string of the molecule is N=Nc1c(S(=O)(=O)O)cc2cc(S(=O)(=O)O)cc(O)c2c1N. The van der Waals surface area contributed by atoms with Gasteiger partial charge in [-0.15, -0.1) is 0 Å². The molecule has 0 heterocycles. The van der Waals surface area contributed by atoms with Crippen molar-refractivity contribution in [3.8, 4) is 5.75 Å². The molecule has 0 aliphatic rings. The Morgan fingerprint density at radius 2 is 1.64 bits per heavy atom. The van der Waals surface area contributed by atoms with Gasteiger partial charge in [-0.3, -0.25) is 9.11 Å². The number of aromatic hydroxyl groups is 1. The highest BCUT2D eigenvalue weighted by Gasteiger charge is 2.23. The predicted molar refractivity (Wildman–Crippen MR) is 74.5 cm³/mol. The molecule has 0 saturated carbocycles. The van der Waals surface area contributed by atoms with Crippen molar-refractivity contribution in [2.75, 3.05) is 5.73 Å². The summed E-state index contributed by atoms with van der Waals surface area (Å²) in [7, 11) is -9.47. The lowest BCUT2D eigenvalue weighted by Crippen LogP contribution is -2.03. The molecule has 2 aromatic rings. The largest absolute Gasteiger partial charge is 0.507 e. The molecule has 12 heteroatoms. The molecule has 0 atom stereocenters. The maximum atomic E-state index is 11.3. The molecule has 0 unspecified atom stereocenters. The maximum Gasteiger partial charge on any atom is 0.296 e. The summed E-state index contributed by atoms with van der Waals surface area (Å²) >= 11 is 0. The van der Waals surface area contributed by atoms with Crippen LogP contribution in [-0.4, -0.2) is 31.0 Å². The minimum absolute atomic E-state index is 0.175. The number of nitrogens with one attached hydrogen (secondary N) is 1. The van der Waals surface area contributed by atoms with Crippen molar-refractivity contribution in [3.63, 3.8) is 0 Å². The molecular weight excluding hydrogens is 338 g/mol. The first kappa shape index (κ1) is 16.1. The molecule has 22 heavy (non-hydrogen) atoms. The lowest BCUT2D eigenvalue weighted by Gasteiger charge is -2.11. The van der Waals surface area contributed by atoms with Gasteiger partial charge < -0.3 is 10.8 Å². The molecule has 0 radical (unpaired) electrons. The van der Waals surface area contributed by atoms with Gasteiger partial charge in [0.15, 0.2) is 0 Å². The molecule has 2 aromatic carbocycles. The van der Waals surface area contributed by atoms with Gasteiger partial charge in [0.05, 0.1) is 10.6 Å². The number of nitrogens with zero attached hydrogens (tertiary/aromatic N) is 1. The average Bonchev–Trinajstić information content (AvgIpc) is 2.35. The normalized spacial score (nSPS) is 12.5. The second kappa shape index (κ2) is 4.88. The Morgan fingerprint density at radius 3 is 2.09 bits per heavy atom. The quantitative estimate of drug-likeness (QED) is 0.311. The van der Waals surface area contributed by atoms with Crippen molar-refractivity contribution in [2.45, 2.75) is 9.79 Å². The number of hydrogen-bond donors (Lipinski definition) is 5. The number of rotatable bonds is 3. The van der Waals surface area contributed by atoms with Crippen LogP contribution in [0.5, 0.6) is 5.75 Å². The molecule has 10 nitrogen and oxygen atoms in total. The Bertz CT molecular complexity index is 1010. The van der Waals surface area contributed by atoms with E-state index < -0.39 is 47.2 Å². The molecule has 6 N–H and O–H groups in total. The zero-order chi connectivity index (χ0) is 16.9. The molecule has 0 bridgehead atoms. The second-order valence-electron chi connectivity index (χ2n) is 4.24. The highest BCUT2D eigenvalue weighted by Crippen LogP contribution is 2.42. The third-order valence-electron chi connectivity index (χ3n) is 2.85. The summed E-state index contributed by atoms with van der Waals surface area (Å²) in [5, 5.41) is 12.4. The van der Waals surface area contributed by atoms with Crippen molar-refractivity contribution in [2.24, 2.45) is 5.11 Å². The van der Waals surface area contributed by atoms with E-state index in [1.165, 1.54) is 0 Å². The van der Waals surface area contributed by atoms with Crippen LogP contribution in [0.3, 0.4) is 0 Å². The molecule has 0 spiro atoms. The fourth-order valence-electron chi connectivity index (χ4n) is 1.95. The van der Waals surface area contributed by atoms with E-state index in [0.717, 1.165) is 12.1 Å². The van der Waals surface area contributed by atoms with Gasteiger partial charge in [0.1, 0.15) is 16.3 Å². The minimum atomic E-state index is -4.81. The molecule has 2 rings (SSSR count). The van der Waals surface area contributed by atoms with Gasteiger partial charge in [0.2, 0.25) is 0 Å². The standard InChI is InChI=1S/C10H9N3O7S2/c11-9-8-4(1-5(3-6(8)14)21(15,16)17)2-7(10(9)13-12)22(18,19)20/h1-3,12,14H,11H2,(H,15,16,17)(H,18,19,20). The van der Waals surface area contributed by atoms with Crippen LogP contribution in [-0.2, 0) is 20.2 Å². The van der Waals surface area contributed by atoms with Crippen LogP contribution in [0.2, 0.25) is 0 Å². The van der Waals surface area contributed by atoms with Crippen molar-refractivity contribution in [1.82, 2.24) is 0 Å². The van der Waals surface area contributed by atoms with Crippen molar-refractivity contribution in [1.29, 1.82) is 5.53 Å². The third kappa shape index (κ3) is 2.59. The number of nitrogens with two attached hydrogens (primary N) is 1. The van der Waals surface area contributed by atoms with Crippen LogP contribution < -0.4 is 5.73 Å². The van der Waals surface area contributed by atoms with Gasteiger partial charge in [-0.1, -0.05) is 0 Å². The van der Waals surface area contributed by atoms with E-state index in [0.29, 0.717) is 6.07 Å². The number of benzene rings is 2. The Balaban J connectivity index is 3.08. The van der Waals surface area contributed by atoms with E-state index in [1.54, 1.807) is 0 Å². The molecule has 0 fully saturated rings. The van der Waals surface area contributed by atoms with E-state index in [1.807, 2.05) is 0 Å². The number of anilines is 1. The van der Waals surface area contributed by atoms with Gasteiger partial charge >= 0.3 is 0 Å². The molecule has 0 aliphatic heterocycles. The molecule has 0 amide bonds. The summed E-state index contributed by atoms with van der Waals surface area (Å²) in [6.07, 6.45) is 0.